The van der Waals surface area contributed by atoms with Crippen LogP contribution < -0.4 is 11.1 Å². The van der Waals surface area contributed by atoms with Crippen molar-refractivity contribution in [3.05, 3.63) is 33.6 Å². The highest BCUT2D eigenvalue weighted by Crippen LogP contribution is 2.26. The Morgan fingerprint density at radius 2 is 2.19 bits per heavy atom. The van der Waals surface area contributed by atoms with Crippen molar-refractivity contribution in [2.75, 3.05) is 18.5 Å². The zero-order valence-electron chi connectivity index (χ0n) is 11.6. The molecule has 2 atom stereocenters. The van der Waals surface area contributed by atoms with Gasteiger partial charge in [0.15, 0.2) is 0 Å². The van der Waals surface area contributed by atoms with E-state index < -0.39 is 33.1 Å². The summed E-state index contributed by atoms with van der Waals surface area (Å²) in [7, 11) is -1.01. The van der Waals surface area contributed by atoms with Crippen molar-refractivity contribution in [1.82, 2.24) is 5.32 Å². The molecule has 1 rings (SSSR count). The van der Waals surface area contributed by atoms with Crippen molar-refractivity contribution in [3.8, 4) is 0 Å². The van der Waals surface area contributed by atoms with E-state index in [-0.39, 0.29) is 23.0 Å². The molecule has 0 saturated heterocycles. The van der Waals surface area contributed by atoms with E-state index in [9.17, 15) is 23.5 Å². The average molecular weight is 317 g/mol. The van der Waals surface area contributed by atoms with Gasteiger partial charge in [0.2, 0.25) is 0 Å². The number of rotatable bonds is 6. The average Bonchev–Trinajstić information content (AvgIpc) is 2.40. The van der Waals surface area contributed by atoms with Crippen LogP contribution in [0.4, 0.5) is 15.8 Å². The van der Waals surface area contributed by atoms with Crippen LogP contribution in [0.15, 0.2) is 12.1 Å². The molecule has 0 radical (unpaired) electrons. The number of carbonyl (C=O) groups is 1. The number of carbonyl (C=O) groups excluding carboxylic acids is 1. The monoisotopic (exact) mass is 317 g/mol. The molecule has 0 aliphatic rings. The number of nitro groups is 1. The fraction of sp³-hybridized carbons (Fsp3) is 0.417. The van der Waals surface area contributed by atoms with E-state index in [0.29, 0.717) is 12.5 Å². The summed E-state index contributed by atoms with van der Waals surface area (Å²) in [6.45, 7) is 1.98. The Hall–Kier alpha value is -2.03. The van der Waals surface area contributed by atoms with Gasteiger partial charge < -0.3 is 11.1 Å². The van der Waals surface area contributed by atoms with Gasteiger partial charge in [0.1, 0.15) is 11.5 Å². The SMILES string of the molecule is CC(CCNC(=O)c1cc(F)cc([N+](=O)[O-])c1N)S(C)=O. The van der Waals surface area contributed by atoms with E-state index in [1.165, 1.54) is 0 Å². The maximum Gasteiger partial charge on any atom is 0.295 e. The molecule has 0 aliphatic heterocycles. The summed E-state index contributed by atoms with van der Waals surface area (Å²) in [6.07, 6.45) is 2.02. The minimum atomic E-state index is -1.01. The van der Waals surface area contributed by atoms with Crippen molar-refractivity contribution in [2.45, 2.75) is 18.6 Å². The lowest BCUT2D eigenvalue weighted by Crippen LogP contribution is -2.28. The molecule has 0 saturated carbocycles. The number of halogens is 1. The third kappa shape index (κ3) is 4.48. The van der Waals surface area contributed by atoms with Crippen molar-refractivity contribution in [3.63, 3.8) is 0 Å². The van der Waals surface area contributed by atoms with Gasteiger partial charge >= 0.3 is 0 Å². The van der Waals surface area contributed by atoms with E-state index in [0.717, 1.165) is 6.07 Å². The Labute approximate surface area is 123 Å². The van der Waals surface area contributed by atoms with Crippen LogP contribution in [0.3, 0.4) is 0 Å². The maximum atomic E-state index is 13.3. The minimum absolute atomic E-state index is 0.107. The predicted molar refractivity (Wildman–Crippen MR) is 77.9 cm³/mol. The number of benzene rings is 1. The first-order valence-corrected chi connectivity index (χ1v) is 7.70. The molecule has 3 N–H and O–H groups in total. The summed E-state index contributed by atoms with van der Waals surface area (Å²) in [5, 5.41) is 13.1. The molecule has 1 amide bonds. The molecule has 0 heterocycles. The number of nitro benzene ring substituents is 1. The third-order valence-electron chi connectivity index (χ3n) is 2.97. The lowest BCUT2D eigenvalue weighted by molar-refractivity contribution is -0.384. The normalized spacial score (nSPS) is 13.5. The number of anilines is 1. The quantitative estimate of drug-likeness (QED) is 0.465. The van der Waals surface area contributed by atoms with Crippen molar-refractivity contribution in [2.24, 2.45) is 0 Å². The van der Waals surface area contributed by atoms with Crippen LogP contribution >= 0.6 is 0 Å². The van der Waals surface area contributed by atoms with Gasteiger partial charge in [-0.2, -0.15) is 0 Å². The number of amides is 1. The first-order chi connectivity index (χ1) is 9.73. The lowest BCUT2D eigenvalue weighted by Gasteiger charge is -2.10. The molecule has 2 unspecified atom stereocenters. The summed E-state index contributed by atoms with van der Waals surface area (Å²) in [5.41, 5.74) is 4.20. The minimum Gasteiger partial charge on any atom is -0.393 e. The number of nitrogens with one attached hydrogen (secondary N) is 1. The Kier molecular flexibility index (Phi) is 5.77. The van der Waals surface area contributed by atoms with E-state index in [1.807, 2.05) is 0 Å². The summed E-state index contributed by atoms with van der Waals surface area (Å²) in [4.78, 5) is 21.8. The molecule has 0 aliphatic carbocycles. The molecule has 0 aromatic heterocycles. The molecule has 0 fully saturated rings. The number of nitrogens with zero attached hydrogens (tertiary/aromatic N) is 1. The zero-order valence-corrected chi connectivity index (χ0v) is 12.4. The summed E-state index contributed by atoms with van der Waals surface area (Å²) in [6, 6.07) is 1.51. The molecule has 1 aromatic carbocycles. The fourth-order valence-corrected chi connectivity index (χ4v) is 2.04. The van der Waals surface area contributed by atoms with Crippen LogP contribution in [0.2, 0.25) is 0 Å². The van der Waals surface area contributed by atoms with Gasteiger partial charge in [-0.15, -0.1) is 0 Å². The van der Waals surface area contributed by atoms with E-state index in [1.54, 1.807) is 13.2 Å². The van der Waals surface area contributed by atoms with Gasteiger partial charge in [-0.3, -0.25) is 19.1 Å². The predicted octanol–water partition coefficient (Wildman–Crippen LogP) is 1.20. The van der Waals surface area contributed by atoms with Crippen molar-refractivity contribution in [1.29, 1.82) is 0 Å². The molecule has 0 bridgehead atoms. The van der Waals surface area contributed by atoms with Gasteiger partial charge in [0, 0.05) is 28.9 Å². The standard InChI is InChI=1S/C12H16FN3O4S/c1-7(21(2)20)3-4-15-12(17)9-5-8(13)6-10(11(9)14)16(18)19/h5-7H,3-4,14H2,1-2H3,(H,15,17). The number of hydrogen-bond acceptors (Lipinski definition) is 5. The van der Waals surface area contributed by atoms with Gasteiger partial charge in [-0.1, -0.05) is 6.92 Å². The second-order valence-corrected chi connectivity index (χ2v) is 6.30. The van der Waals surface area contributed by atoms with Crippen LogP contribution in [0, 0.1) is 15.9 Å². The molecule has 116 valence electrons. The van der Waals surface area contributed by atoms with Gasteiger partial charge in [-0.05, 0) is 12.5 Å². The summed E-state index contributed by atoms with van der Waals surface area (Å²) in [5.74, 6) is -1.62. The Balaban J connectivity index is 2.83. The second kappa shape index (κ2) is 7.11. The summed E-state index contributed by atoms with van der Waals surface area (Å²) < 4.78 is 24.5. The molecule has 7 nitrogen and oxygen atoms in total. The highest BCUT2D eigenvalue weighted by Gasteiger charge is 2.21. The Morgan fingerprint density at radius 3 is 2.71 bits per heavy atom. The smallest absolute Gasteiger partial charge is 0.295 e. The van der Waals surface area contributed by atoms with Crippen LogP contribution in [-0.4, -0.2) is 33.1 Å². The van der Waals surface area contributed by atoms with Gasteiger partial charge in [0.05, 0.1) is 16.6 Å². The van der Waals surface area contributed by atoms with Crippen molar-refractivity contribution >= 4 is 28.1 Å². The molecule has 0 spiro atoms. The second-order valence-electron chi connectivity index (χ2n) is 4.50. The van der Waals surface area contributed by atoms with E-state index >= 15 is 0 Å². The molecular weight excluding hydrogens is 301 g/mol. The highest BCUT2D eigenvalue weighted by molar-refractivity contribution is 7.84. The number of nitrogen functional groups attached to an aromatic ring is 1. The maximum absolute atomic E-state index is 13.3. The number of hydrogen-bond donors (Lipinski definition) is 2. The van der Waals surface area contributed by atoms with Crippen LogP contribution in [-0.2, 0) is 10.8 Å². The van der Waals surface area contributed by atoms with Crippen LogP contribution in [0.5, 0.6) is 0 Å². The van der Waals surface area contributed by atoms with Gasteiger partial charge in [0.25, 0.3) is 11.6 Å². The van der Waals surface area contributed by atoms with E-state index in [2.05, 4.69) is 5.32 Å². The highest BCUT2D eigenvalue weighted by atomic mass is 32.2. The lowest BCUT2D eigenvalue weighted by atomic mass is 10.1. The van der Waals surface area contributed by atoms with Gasteiger partial charge in [-0.25, -0.2) is 4.39 Å². The first-order valence-electron chi connectivity index (χ1n) is 6.08. The van der Waals surface area contributed by atoms with Crippen LogP contribution in [0.25, 0.3) is 0 Å². The molecule has 9 heteroatoms. The summed E-state index contributed by atoms with van der Waals surface area (Å²) >= 11 is 0. The molecule has 1 aromatic rings. The largest absolute Gasteiger partial charge is 0.393 e. The zero-order chi connectivity index (χ0) is 16.2. The fourth-order valence-electron chi connectivity index (χ4n) is 1.59. The van der Waals surface area contributed by atoms with Crippen molar-refractivity contribution < 1.29 is 18.3 Å². The number of nitrogens with two attached hydrogens (primary N) is 1. The van der Waals surface area contributed by atoms with E-state index in [4.69, 9.17) is 5.73 Å². The Morgan fingerprint density at radius 1 is 1.57 bits per heavy atom. The van der Waals surface area contributed by atoms with Crippen LogP contribution in [0.1, 0.15) is 23.7 Å². The Bertz CT molecular complexity index is 594. The molecular formula is C12H16FN3O4S. The molecule has 21 heavy (non-hydrogen) atoms. The third-order valence-corrected chi connectivity index (χ3v) is 4.34. The topological polar surface area (TPSA) is 115 Å². The first kappa shape index (κ1) is 17.0.